The molecule has 4 aromatic rings. The number of Topliss-reactive ketones (excluding diaryl/α,β-unsaturated/α-hetero) is 1. The zero-order valence-electron chi connectivity index (χ0n) is 18.1. The number of rotatable bonds is 5. The number of phenolic OH excluding ortho intramolecular Hbond substituents is 1. The van der Waals surface area contributed by atoms with Crippen molar-refractivity contribution in [3.63, 3.8) is 0 Å². The molecule has 2 heterocycles. The lowest BCUT2D eigenvalue weighted by Gasteiger charge is -2.23. The van der Waals surface area contributed by atoms with E-state index in [0.717, 1.165) is 4.70 Å². The zero-order valence-corrected chi connectivity index (χ0v) is 19.0. The number of benzene rings is 3. The largest absolute Gasteiger partial charge is 0.508 e. The minimum absolute atomic E-state index is 0.0313. The summed E-state index contributed by atoms with van der Waals surface area (Å²) in [7, 11) is 0. The second-order valence-corrected chi connectivity index (χ2v) is 8.69. The molecule has 7 nitrogen and oxygen atoms in total. The highest BCUT2D eigenvalue weighted by molar-refractivity contribution is 7.22. The second-order valence-electron chi connectivity index (χ2n) is 7.69. The molecule has 1 aliphatic heterocycles. The summed E-state index contributed by atoms with van der Waals surface area (Å²) in [5.74, 6) is -1.11. The smallest absolute Gasteiger partial charge is 0.301 e. The van der Waals surface area contributed by atoms with E-state index in [1.54, 1.807) is 54.6 Å². The number of thiazole rings is 1. The molecule has 1 amide bonds. The molecule has 3 aromatic carbocycles. The number of hydrogen-bond acceptors (Lipinski definition) is 7. The number of carbonyl (C=O) groups is 2. The van der Waals surface area contributed by atoms with Crippen molar-refractivity contribution in [2.45, 2.75) is 13.0 Å². The van der Waals surface area contributed by atoms with Crippen LogP contribution in [0.5, 0.6) is 11.5 Å². The van der Waals surface area contributed by atoms with Gasteiger partial charge >= 0.3 is 5.91 Å². The van der Waals surface area contributed by atoms with Crippen LogP contribution in [-0.4, -0.2) is 33.5 Å². The van der Waals surface area contributed by atoms with E-state index in [4.69, 9.17) is 4.74 Å². The number of aliphatic hydroxyl groups excluding tert-OH is 1. The molecular formula is C26H20N2O5S. The summed E-state index contributed by atoms with van der Waals surface area (Å²) in [5.41, 5.74) is 1.62. The number of fused-ring (bicyclic) bond motifs is 1. The standard InChI is InChI=1S/C26H20N2O5S/c1-2-33-18-12-13-19-20(14-18)34-26(27-19)28-22(15-8-10-17(29)11-9-15)21(24(31)25(28)32)23(30)16-6-4-3-5-7-16/h3-14,22,29-30H,2H2,1H3/b23-21+. The Morgan fingerprint density at radius 2 is 1.79 bits per heavy atom. The van der Waals surface area contributed by atoms with Gasteiger partial charge in [-0.2, -0.15) is 0 Å². The Hall–Kier alpha value is -4.17. The minimum atomic E-state index is -0.910. The van der Waals surface area contributed by atoms with Gasteiger partial charge in [0.1, 0.15) is 17.3 Å². The van der Waals surface area contributed by atoms with Crippen LogP contribution in [0.25, 0.3) is 16.0 Å². The third-order valence-corrected chi connectivity index (χ3v) is 6.58. The van der Waals surface area contributed by atoms with Crippen LogP contribution >= 0.6 is 11.3 Å². The number of nitrogens with zero attached hydrogens (tertiary/aromatic N) is 2. The van der Waals surface area contributed by atoms with Crippen LogP contribution in [0.3, 0.4) is 0 Å². The number of aliphatic hydroxyl groups is 1. The first-order valence-electron chi connectivity index (χ1n) is 10.7. The lowest BCUT2D eigenvalue weighted by Crippen LogP contribution is -2.29. The number of ether oxygens (including phenoxy) is 1. The third-order valence-electron chi connectivity index (χ3n) is 5.57. The van der Waals surface area contributed by atoms with Crippen molar-refractivity contribution in [1.29, 1.82) is 0 Å². The maximum Gasteiger partial charge on any atom is 0.301 e. The van der Waals surface area contributed by atoms with Gasteiger partial charge in [0.2, 0.25) is 0 Å². The molecule has 170 valence electrons. The Balaban J connectivity index is 1.69. The highest BCUT2D eigenvalue weighted by Crippen LogP contribution is 2.44. The SMILES string of the molecule is CCOc1ccc2nc(N3C(=O)C(=O)/C(=C(/O)c4ccccc4)C3c3ccc(O)cc3)sc2c1. The molecule has 1 fully saturated rings. The molecule has 8 heteroatoms. The van der Waals surface area contributed by atoms with Crippen LogP contribution in [0.15, 0.2) is 78.4 Å². The van der Waals surface area contributed by atoms with Gasteiger partial charge in [-0.1, -0.05) is 53.8 Å². The van der Waals surface area contributed by atoms with Gasteiger partial charge < -0.3 is 14.9 Å². The molecular weight excluding hydrogens is 452 g/mol. The second kappa shape index (κ2) is 8.64. The van der Waals surface area contributed by atoms with Crippen LogP contribution < -0.4 is 9.64 Å². The summed E-state index contributed by atoms with van der Waals surface area (Å²) in [6, 6.07) is 19.4. The highest BCUT2D eigenvalue weighted by atomic mass is 32.1. The van der Waals surface area contributed by atoms with E-state index in [-0.39, 0.29) is 17.1 Å². The Morgan fingerprint density at radius 3 is 2.50 bits per heavy atom. The van der Waals surface area contributed by atoms with Crippen molar-refractivity contribution in [1.82, 2.24) is 4.98 Å². The van der Waals surface area contributed by atoms with Crippen molar-refractivity contribution >= 4 is 44.1 Å². The maximum atomic E-state index is 13.3. The molecule has 0 radical (unpaired) electrons. The van der Waals surface area contributed by atoms with E-state index < -0.39 is 17.7 Å². The lowest BCUT2D eigenvalue weighted by molar-refractivity contribution is -0.132. The minimum Gasteiger partial charge on any atom is -0.508 e. The van der Waals surface area contributed by atoms with Crippen molar-refractivity contribution in [2.75, 3.05) is 11.5 Å². The van der Waals surface area contributed by atoms with Gasteiger partial charge in [-0.15, -0.1) is 0 Å². The number of ketones is 1. The van der Waals surface area contributed by atoms with Crippen molar-refractivity contribution in [2.24, 2.45) is 0 Å². The number of amides is 1. The molecule has 0 saturated carbocycles. The molecule has 0 aliphatic carbocycles. The van der Waals surface area contributed by atoms with Gasteiger partial charge in [-0.25, -0.2) is 4.98 Å². The molecule has 5 rings (SSSR count). The highest BCUT2D eigenvalue weighted by Gasteiger charge is 2.48. The van der Waals surface area contributed by atoms with Gasteiger partial charge in [0.15, 0.2) is 5.13 Å². The molecule has 0 spiro atoms. The maximum absolute atomic E-state index is 13.3. The van der Waals surface area contributed by atoms with Gasteiger partial charge in [-0.3, -0.25) is 14.5 Å². The van der Waals surface area contributed by atoms with Crippen LogP contribution in [0.2, 0.25) is 0 Å². The first-order valence-corrected chi connectivity index (χ1v) is 11.5. The summed E-state index contributed by atoms with van der Waals surface area (Å²) >= 11 is 1.26. The molecule has 34 heavy (non-hydrogen) atoms. The summed E-state index contributed by atoms with van der Waals surface area (Å²) in [6.07, 6.45) is 0. The number of hydrogen-bond donors (Lipinski definition) is 2. The van der Waals surface area contributed by atoms with E-state index in [9.17, 15) is 19.8 Å². The molecule has 2 N–H and O–H groups in total. The average Bonchev–Trinajstić information content (AvgIpc) is 3.38. The first kappa shape index (κ1) is 21.7. The quantitative estimate of drug-likeness (QED) is 0.240. The number of aromatic hydroxyl groups is 1. The zero-order chi connectivity index (χ0) is 23.8. The fourth-order valence-corrected chi connectivity index (χ4v) is 5.03. The molecule has 1 aromatic heterocycles. The van der Waals surface area contributed by atoms with Crippen molar-refractivity contribution in [3.8, 4) is 11.5 Å². The fourth-order valence-electron chi connectivity index (χ4n) is 4.01. The normalized spacial score (nSPS) is 17.4. The summed E-state index contributed by atoms with van der Waals surface area (Å²) in [6.45, 7) is 2.41. The third kappa shape index (κ3) is 3.68. The molecule has 1 atom stereocenters. The van der Waals surface area contributed by atoms with Crippen LogP contribution in [-0.2, 0) is 9.59 Å². The molecule has 1 unspecified atom stereocenters. The van der Waals surface area contributed by atoms with Crippen LogP contribution in [0.4, 0.5) is 5.13 Å². The number of aromatic nitrogens is 1. The van der Waals surface area contributed by atoms with Gasteiger partial charge in [0.25, 0.3) is 5.78 Å². The van der Waals surface area contributed by atoms with Crippen LogP contribution in [0.1, 0.15) is 24.1 Å². The van der Waals surface area contributed by atoms with E-state index in [2.05, 4.69) is 4.98 Å². The fraction of sp³-hybridized carbons (Fsp3) is 0.115. The molecule has 1 saturated heterocycles. The van der Waals surface area contributed by atoms with Gasteiger partial charge in [0.05, 0.1) is 28.4 Å². The predicted molar refractivity (Wildman–Crippen MR) is 130 cm³/mol. The van der Waals surface area contributed by atoms with E-state index in [0.29, 0.717) is 34.1 Å². The van der Waals surface area contributed by atoms with Crippen molar-refractivity contribution < 1.29 is 24.5 Å². The number of anilines is 1. The van der Waals surface area contributed by atoms with E-state index in [1.807, 2.05) is 13.0 Å². The van der Waals surface area contributed by atoms with Gasteiger partial charge in [-0.05, 0) is 42.8 Å². The summed E-state index contributed by atoms with van der Waals surface area (Å²) in [4.78, 5) is 32.4. The Bertz CT molecular complexity index is 1430. The number of phenols is 1. The molecule has 0 bridgehead atoms. The average molecular weight is 473 g/mol. The molecule has 1 aliphatic rings. The topological polar surface area (TPSA) is 100.0 Å². The van der Waals surface area contributed by atoms with Gasteiger partial charge in [0, 0.05) is 5.56 Å². The summed E-state index contributed by atoms with van der Waals surface area (Å²) < 4.78 is 6.37. The lowest BCUT2D eigenvalue weighted by atomic mass is 9.95. The Labute approximate surface area is 199 Å². The van der Waals surface area contributed by atoms with E-state index >= 15 is 0 Å². The monoisotopic (exact) mass is 472 g/mol. The predicted octanol–water partition coefficient (Wildman–Crippen LogP) is 5.03. The summed E-state index contributed by atoms with van der Waals surface area (Å²) in [5, 5.41) is 21.2. The Morgan fingerprint density at radius 1 is 1.06 bits per heavy atom. The van der Waals surface area contributed by atoms with Crippen molar-refractivity contribution in [3.05, 3.63) is 89.5 Å². The Kier molecular flexibility index (Phi) is 5.51. The number of carbonyl (C=O) groups excluding carboxylic acids is 2. The van der Waals surface area contributed by atoms with E-state index in [1.165, 1.54) is 28.4 Å². The first-order chi connectivity index (χ1) is 16.5. The van der Waals surface area contributed by atoms with Crippen LogP contribution in [0, 0.1) is 0 Å².